The summed E-state index contributed by atoms with van der Waals surface area (Å²) in [5.74, 6) is 0.203. The zero-order valence-corrected chi connectivity index (χ0v) is 24.8. The number of carbonyl (C=O) groups is 1. The first-order valence-electron chi connectivity index (χ1n) is 11.9. The van der Waals surface area contributed by atoms with Crippen LogP contribution in [-0.2, 0) is 27.6 Å². The van der Waals surface area contributed by atoms with Crippen LogP contribution in [-0.4, -0.2) is 73.7 Å². The molecule has 2 rings (SSSR count). The monoisotopic (exact) mass is 567 g/mol. The zero-order chi connectivity index (χ0) is 27.3. The fourth-order valence-corrected chi connectivity index (χ4v) is 6.58. The second-order valence-electron chi connectivity index (χ2n) is 10.4. The van der Waals surface area contributed by atoms with Crippen LogP contribution in [0.15, 0.2) is 15.8 Å². The summed E-state index contributed by atoms with van der Waals surface area (Å²) >= 11 is 5.83. The molecule has 1 N–H and O–H groups in total. The zero-order valence-electron chi connectivity index (χ0n) is 22.1. The predicted molar refractivity (Wildman–Crippen MR) is 140 cm³/mol. The van der Waals surface area contributed by atoms with Crippen LogP contribution in [0, 0.1) is 6.92 Å². The first-order chi connectivity index (χ1) is 16.6. The summed E-state index contributed by atoms with van der Waals surface area (Å²) in [5.41, 5.74) is -0.678. The molecule has 36 heavy (non-hydrogen) atoms. The molecule has 14 heteroatoms. The minimum Gasteiger partial charge on any atom is -0.411 e. The predicted octanol–water partition coefficient (Wildman–Crippen LogP) is 3.42. The molecular weight excluding hydrogens is 529 g/mol. The van der Waals surface area contributed by atoms with Crippen LogP contribution in [0.5, 0.6) is 0 Å². The smallest absolute Gasteiger partial charge is 0.408 e. The molecule has 0 spiro atoms. The van der Waals surface area contributed by atoms with Crippen molar-refractivity contribution in [2.75, 3.05) is 32.7 Å². The van der Waals surface area contributed by atoms with E-state index in [0.29, 0.717) is 18.3 Å². The van der Waals surface area contributed by atoms with Crippen molar-refractivity contribution in [2.45, 2.75) is 77.1 Å². The van der Waals surface area contributed by atoms with Gasteiger partial charge in [-0.05, 0) is 32.1 Å². The highest BCUT2D eigenvalue weighted by Gasteiger charge is 2.46. The lowest BCUT2D eigenvalue weighted by atomic mass is 10.2. The Bertz CT molecular complexity index is 1060. The number of carbonyl (C=O) groups excluding carboxylic acids is 1. The number of H-pyrrole nitrogens is 1. The van der Waals surface area contributed by atoms with E-state index in [0.717, 1.165) is 0 Å². The number of ether oxygens (including phenoxy) is 1. The van der Waals surface area contributed by atoms with Gasteiger partial charge in [0.25, 0.3) is 5.56 Å². The van der Waals surface area contributed by atoms with Gasteiger partial charge in [0.2, 0.25) is 0 Å². The van der Waals surface area contributed by atoms with Gasteiger partial charge in [-0.3, -0.25) is 23.4 Å². The molecule has 206 valence electrons. The van der Waals surface area contributed by atoms with Crippen LogP contribution in [0.2, 0.25) is 18.1 Å². The number of nitrogens with zero attached hydrogens (tertiary/aromatic N) is 2. The van der Waals surface area contributed by atoms with Gasteiger partial charge < -0.3 is 14.0 Å². The molecule has 0 amide bonds. The summed E-state index contributed by atoms with van der Waals surface area (Å²) in [7, 11) is -4.48. The van der Waals surface area contributed by atoms with Crippen LogP contribution in [0.25, 0.3) is 0 Å². The second kappa shape index (κ2) is 12.6. The molecular formula is C22H39ClN3O8PSi. The SMILES string of the molecule is Cc1cn([C@H]2C[C@H](O[Si](C)(C)C(C)(C)C)[C@@H](COP(=O)(OCCC=O)N(C)CCCl)O2)c(=O)[nH]c1=O. The average Bonchev–Trinajstić information content (AvgIpc) is 3.16. The Morgan fingerprint density at radius 2 is 2.00 bits per heavy atom. The normalized spacial score (nSPS) is 22.6. The standard InChI is InChI=1S/C22H39ClN3O8PSi/c1-16-14-26(21(29)24-20(16)28)19-13-17(34-36(6,7)22(2,3)4)18(33-19)15-32-35(30,25(5)10-9-23)31-12-8-11-27/h11,14,17-19H,8-10,12-13,15H2,1-7H3,(H,24,28,29)/t17-,18+,19+,35?/m0/s1. The Morgan fingerprint density at radius 1 is 1.33 bits per heavy atom. The third-order valence-electron chi connectivity index (χ3n) is 6.61. The number of nitrogens with one attached hydrogen (secondary N) is 1. The van der Waals surface area contributed by atoms with Gasteiger partial charge in [-0.1, -0.05) is 20.8 Å². The Hall–Kier alpha value is -1.11. The van der Waals surface area contributed by atoms with E-state index in [-0.39, 0.29) is 37.1 Å². The summed E-state index contributed by atoms with van der Waals surface area (Å²) in [5, 5.41) is -0.0876. The van der Waals surface area contributed by atoms with Crippen LogP contribution in [0.3, 0.4) is 0 Å². The van der Waals surface area contributed by atoms with E-state index in [4.69, 9.17) is 29.8 Å². The Kier molecular flexibility index (Phi) is 10.9. The van der Waals surface area contributed by atoms with Gasteiger partial charge in [0.15, 0.2) is 8.32 Å². The Labute approximate surface area is 218 Å². The van der Waals surface area contributed by atoms with Crippen molar-refractivity contribution in [2.24, 2.45) is 0 Å². The molecule has 0 radical (unpaired) electrons. The number of hydrogen-bond donors (Lipinski definition) is 1. The quantitative estimate of drug-likeness (QED) is 0.125. The van der Waals surface area contributed by atoms with Gasteiger partial charge in [0, 0.05) is 37.0 Å². The van der Waals surface area contributed by atoms with Crippen LogP contribution < -0.4 is 11.2 Å². The van der Waals surface area contributed by atoms with E-state index in [1.165, 1.54) is 15.4 Å². The van der Waals surface area contributed by atoms with E-state index in [9.17, 15) is 18.9 Å². The van der Waals surface area contributed by atoms with Crippen molar-refractivity contribution >= 4 is 34.0 Å². The first-order valence-corrected chi connectivity index (χ1v) is 16.8. The molecule has 0 aromatic carbocycles. The van der Waals surface area contributed by atoms with E-state index in [2.05, 4.69) is 38.8 Å². The van der Waals surface area contributed by atoms with Crippen molar-refractivity contribution in [3.8, 4) is 0 Å². The molecule has 1 unspecified atom stereocenters. The highest BCUT2D eigenvalue weighted by molar-refractivity contribution is 7.51. The number of aldehydes is 1. The maximum absolute atomic E-state index is 13.5. The number of halogens is 1. The molecule has 1 aliphatic heterocycles. The number of aromatic amines is 1. The summed E-state index contributed by atoms with van der Waals surface area (Å²) < 4.78 is 40.3. The van der Waals surface area contributed by atoms with E-state index >= 15 is 0 Å². The topological polar surface area (TPSA) is 129 Å². The number of rotatable bonds is 13. The third-order valence-corrected chi connectivity index (χ3v) is 13.3. The van der Waals surface area contributed by atoms with E-state index in [1.807, 2.05) is 0 Å². The molecule has 0 saturated carbocycles. The Balaban J connectivity index is 2.33. The number of aromatic nitrogens is 2. The van der Waals surface area contributed by atoms with Crippen molar-refractivity contribution in [1.82, 2.24) is 14.2 Å². The molecule has 11 nitrogen and oxygen atoms in total. The van der Waals surface area contributed by atoms with Crippen molar-refractivity contribution in [3.63, 3.8) is 0 Å². The molecule has 4 atom stereocenters. The Morgan fingerprint density at radius 3 is 2.58 bits per heavy atom. The van der Waals surface area contributed by atoms with Gasteiger partial charge in [0.1, 0.15) is 18.6 Å². The summed E-state index contributed by atoms with van der Waals surface area (Å²) in [6.07, 6.45) is 0.679. The van der Waals surface area contributed by atoms with Crippen molar-refractivity contribution in [3.05, 3.63) is 32.6 Å². The fourth-order valence-electron chi connectivity index (χ4n) is 3.36. The molecule has 1 aliphatic rings. The number of hydrogen-bond acceptors (Lipinski definition) is 8. The summed E-state index contributed by atoms with van der Waals surface area (Å²) in [6.45, 7) is 12.2. The van der Waals surface area contributed by atoms with Crippen molar-refractivity contribution < 1.29 is 27.6 Å². The van der Waals surface area contributed by atoms with Crippen LogP contribution >= 0.6 is 19.3 Å². The molecule has 1 saturated heterocycles. The van der Waals surface area contributed by atoms with Gasteiger partial charge in [-0.15, -0.1) is 11.6 Å². The summed E-state index contributed by atoms with van der Waals surface area (Å²) in [6, 6.07) is 0. The molecule has 1 aromatic heterocycles. The van der Waals surface area contributed by atoms with Gasteiger partial charge in [0.05, 0.1) is 19.3 Å². The van der Waals surface area contributed by atoms with E-state index in [1.54, 1.807) is 14.0 Å². The highest BCUT2D eigenvalue weighted by atomic mass is 35.5. The van der Waals surface area contributed by atoms with Crippen LogP contribution in [0.1, 0.15) is 45.4 Å². The third kappa shape index (κ3) is 7.70. The lowest BCUT2D eigenvalue weighted by molar-refractivity contribution is -0.108. The average molecular weight is 568 g/mol. The molecule has 1 fully saturated rings. The fraction of sp³-hybridized carbons (Fsp3) is 0.773. The van der Waals surface area contributed by atoms with Crippen LogP contribution in [0.4, 0.5) is 0 Å². The number of aryl methyl sites for hydroxylation is 1. The van der Waals surface area contributed by atoms with Gasteiger partial charge >= 0.3 is 13.4 Å². The molecule has 0 bridgehead atoms. The largest absolute Gasteiger partial charge is 0.411 e. The van der Waals surface area contributed by atoms with E-state index < -0.39 is 45.7 Å². The van der Waals surface area contributed by atoms with Crippen molar-refractivity contribution in [1.29, 1.82) is 0 Å². The lowest BCUT2D eigenvalue weighted by Crippen LogP contribution is -2.46. The molecule has 0 aliphatic carbocycles. The first kappa shape index (κ1) is 31.1. The molecule has 1 aromatic rings. The minimum absolute atomic E-state index is 0.0651. The number of alkyl halides is 1. The molecule has 2 heterocycles. The lowest BCUT2D eigenvalue weighted by Gasteiger charge is -2.39. The maximum Gasteiger partial charge on any atom is 0.408 e. The van der Waals surface area contributed by atoms with Gasteiger partial charge in [-0.2, -0.15) is 0 Å². The second-order valence-corrected chi connectivity index (χ2v) is 17.7. The van der Waals surface area contributed by atoms with Gasteiger partial charge in [-0.25, -0.2) is 14.0 Å². The maximum atomic E-state index is 13.5. The highest BCUT2D eigenvalue weighted by Crippen LogP contribution is 2.52. The summed E-state index contributed by atoms with van der Waals surface area (Å²) in [4.78, 5) is 37.4. The minimum atomic E-state index is -3.79.